The summed E-state index contributed by atoms with van der Waals surface area (Å²) in [6, 6.07) is 23.8. The highest BCUT2D eigenvalue weighted by Crippen LogP contribution is 2.35. The standard InChI is InChI=1S/C16H13N5O.C16H12N4O/c1-21-9-20-13(10-5-3-2-4-6-10)14(21)12-7-11-15(17)18-8-19-16(11)22-12;1-20-10-19-14(11-5-3-2-4-6-11)15(20)13-7-12-8-17-9-18-16(12)21-13/h2-9H,1H3,(H2,17,18,19);2-10H,1H3. The van der Waals surface area contributed by atoms with E-state index in [1.807, 2.05) is 96.0 Å². The molecule has 8 aromatic rings. The smallest absolute Gasteiger partial charge is 0.231 e. The summed E-state index contributed by atoms with van der Waals surface area (Å²) in [5, 5.41) is 1.59. The number of nitrogen functional groups attached to an aromatic ring is 1. The lowest BCUT2D eigenvalue weighted by Crippen LogP contribution is -1.90. The van der Waals surface area contributed by atoms with Gasteiger partial charge in [0.1, 0.15) is 29.9 Å². The number of aromatic nitrogens is 8. The van der Waals surface area contributed by atoms with E-state index in [1.165, 1.54) is 12.7 Å². The molecule has 0 unspecified atom stereocenters. The highest BCUT2D eigenvalue weighted by molar-refractivity contribution is 5.90. The molecule has 11 nitrogen and oxygen atoms in total. The Morgan fingerprint density at radius 2 is 1.19 bits per heavy atom. The lowest BCUT2D eigenvalue weighted by Gasteiger charge is -2.03. The third kappa shape index (κ3) is 4.78. The van der Waals surface area contributed by atoms with E-state index < -0.39 is 0 Å². The van der Waals surface area contributed by atoms with E-state index in [9.17, 15) is 0 Å². The molecule has 0 bridgehead atoms. The van der Waals surface area contributed by atoms with Gasteiger partial charge in [0.2, 0.25) is 11.4 Å². The Balaban J connectivity index is 0.000000140. The Labute approximate surface area is 245 Å². The van der Waals surface area contributed by atoms with Crippen LogP contribution in [0.2, 0.25) is 0 Å². The van der Waals surface area contributed by atoms with Crippen LogP contribution in [0.5, 0.6) is 0 Å². The number of benzene rings is 2. The number of fused-ring (bicyclic) bond motifs is 2. The van der Waals surface area contributed by atoms with E-state index in [-0.39, 0.29) is 0 Å². The fourth-order valence-electron chi connectivity index (χ4n) is 4.95. The van der Waals surface area contributed by atoms with Crippen molar-refractivity contribution in [2.45, 2.75) is 0 Å². The van der Waals surface area contributed by atoms with Gasteiger partial charge in [0.25, 0.3) is 0 Å². The van der Waals surface area contributed by atoms with Crippen LogP contribution in [0.4, 0.5) is 5.82 Å². The molecule has 0 aliphatic heterocycles. The summed E-state index contributed by atoms with van der Waals surface area (Å²) in [6.07, 6.45) is 8.17. The number of nitrogens with zero attached hydrogens (tertiary/aromatic N) is 8. The third-order valence-corrected chi connectivity index (χ3v) is 6.99. The number of imidazole rings is 2. The molecule has 8 rings (SSSR count). The van der Waals surface area contributed by atoms with Crippen molar-refractivity contribution in [3.05, 3.63) is 104 Å². The number of hydrogen-bond donors (Lipinski definition) is 1. The van der Waals surface area contributed by atoms with Crippen LogP contribution in [-0.4, -0.2) is 39.0 Å². The van der Waals surface area contributed by atoms with Crippen LogP contribution in [0.15, 0.2) is 113 Å². The van der Waals surface area contributed by atoms with Crippen LogP contribution >= 0.6 is 0 Å². The van der Waals surface area contributed by atoms with Crippen LogP contribution < -0.4 is 5.73 Å². The van der Waals surface area contributed by atoms with Gasteiger partial charge in [-0.05, 0) is 12.1 Å². The maximum Gasteiger partial charge on any atom is 0.231 e. The average Bonchev–Trinajstić information content (AvgIpc) is 3.83. The molecule has 43 heavy (non-hydrogen) atoms. The Hall–Kier alpha value is -6.10. The van der Waals surface area contributed by atoms with E-state index in [0.29, 0.717) is 28.4 Å². The summed E-state index contributed by atoms with van der Waals surface area (Å²) in [4.78, 5) is 25.2. The molecule has 2 aromatic carbocycles. The van der Waals surface area contributed by atoms with E-state index in [1.54, 1.807) is 18.9 Å². The van der Waals surface area contributed by atoms with Crippen LogP contribution in [-0.2, 0) is 14.1 Å². The zero-order chi connectivity index (χ0) is 29.3. The van der Waals surface area contributed by atoms with E-state index in [4.69, 9.17) is 14.6 Å². The van der Waals surface area contributed by atoms with Gasteiger partial charge in [0.05, 0.1) is 34.8 Å². The average molecular weight is 568 g/mol. The van der Waals surface area contributed by atoms with Crippen molar-refractivity contribution >= 4 is 28.0 Å². The van der Waals surface area contributed by atoms with Crippen molar-refractivity contribution in [2.24, 2.45) is 14.1 Å². The Morgan fingerprint density at radius 1 is 0.628 bits per heavy atom. The van der Waals surface area contributed by atoms with Gasteiger partial charge in [-0.15, -0.1) is 0 Å². The quantitative estimate of drug-likeness (QED) is 0.265. The van der Waals surface area contributed by atoms with Crippen molar-refractivity contribution in [2.75, 3.05) is 5.73 Å². The molecule has 0 spiro atoms. The summed E-state index contributed by atoms with van der Waals surface area (Å²) in [5.74, 6) is 1.81. The van der Waals surface area contributed by atoms with Gasteiger partial charge in [0, 0.05) is 31.4 Å². The Kier molecular flexibility index (Phi) is 6.44. The topological polar surface area (TPSA) is 140 Å². The van der Waals surface area contributed by atoms with Crippen LogP contribution in [0.3, 0.4) is 0 Å². The summed E-state index contributed by atoms with van der Waals surface area (Å²) >= 11 is 0. The number of hydrogen-bond acceptors (Lipinski definition) is 9. The molecular formula is C32H25N9O2. The molecule has 0 saturated carbocycles. The summed E-state index contributed by atoms with van der Waals surface area (Å²) < 4.78 is 15.6. The van der Waals surface area contributed by atoms with Crippen molar-refractivity contribution in [1.29, 1.82) is 0 Å². The van der Waals surface area contributed by atoms with Crippen LogP contribution in [0.25, 0.3) is 67.6 Å². The summed E-state index contributed by atoms with van der Waals surface area (Å²) in [6.45, 7) is 0. The highest BCUT2D eigenvalue weighted by Gasteiger charge is 2.19. The van der Waals surface area contributed by atoms with Gasteiger partial charge in [0.15, 0.2) is 11.5 Å². The zero-order valence-electron chi connectivity index (χ0n) is 23.3. The number of nitrogens with two attached hydrogens (primary N) is 1. The fraction of sp³-hybridized carbons (Fsp3) is 0.0625. The van der Waals surface area contributed by atoms with Gasteiger partial charge < -0.3 is 23.7 Å². The van der Waals surface area contributed by atoms with E-state index >= 15 is 0 Å². The van der Waals surface area contributed by atoms with Gasteiger partial charge in [-0.3, -0.25) is 0 Å². The zero-order valence-corrected chi connectivity index (χ0v) is 23.3. The highest BCUT2D eigenvalue weighted by atomic mass is 16.3. The number of furan rings is 2. The molecule has 0 saturated heterocycles. The third-order valence-electron chi connectivity index (χ3n) is 6.99. The van der Waals surface area contributed by atoms with Gasteiger partial charge >= 0.3 is 0 Å². The molecule has 0 aliphatic rings. The first kappa shape index (κ1) is 25.8. The van der Waals surface area contributed by atoms with Crippen molar-refractivity contribution in [3.63, 3.8) is 0 Å². The van der Waals surface area contributed by atoms with Gasteiger partial charge in [-0.1, -0.05) is 60.7 Å². The summed E-state index contributed by atoms with van der Waals surface area (Å²) in [5.41, 5.74) is 12.6. The molecule has 0 radical (unpaired) electrons. The van der Waals surface area contributed by atoms with Crippen LogP contribution in [0.1, 0.15) is 0 Å². The van der Waals surface area contributed by atoms with Gasteiger partial charge in [-0.2, -0.15) is 0 Å². The normalized spacial score (nSPS) is 11.1. The molecule has 6 aromatic heterocycles. The molecule has 2 N–H and O–H groups in total. The number of aryl methyl sites for hydroxylation is 2. The lowest BCUT2D eigenvalue weighted by atomic mass is 10.1. The largest absolute Gasteiger partial charge is 0.436 e. The van der Waals surface area contributed by atoms with E-state index in [2.05, 4.69) is 29.9 Å². The Bertz CT molecular complexity index is 2140. The monoisotopic (exact) mass is 567 g/mol. The first-order valence-electron chi connectivity index (χ1n) is 13.4. The van der Waals surface area contributed by atoms with E-state index in [0.717, 1.165) is 45.0 Å². The van der Waals surface area contributed by atoms with Crippen molar-refractivity contribution in [1.82, 2.24) is 39.0 Å². The minimum absolute atomic E-state index is 0.406. The summed E-state index contributed by atoms with van der Waals surface area (Å²) in [7, 11) is 3.88. The SMILES string of the molecule is Cn1cnc(-c2ccccc2)c1-c1cc2c(N)ncnc2o1.Cn1cnc(-c2ccccc2)c1-c1cc2cncnc2o1. The second kappa shape index (κ2) is 10.7. The van der Waals surface area contributed by atoms with Gasteiger partial charge in [-0.25, -0.2) is 29.9 Å². The molecular weight excluding hydrogens is 542 g/mol. The molecule has 0 atom stereocenters. The molecule has 0 amide bonds. The molecule has 210 valence electrons. The second-order valence-electron chi connectivity index (χ2n) is 9.82. The maximum atomic E-state index is 5.88. The first-order chi connectivity index (χ1) is 21.1. The van der Waals surface area contributed by atoms with Crippen molar-refractivity contribution in [3.8, 4) is 45.4 Å². The maximum absolute atomic E-state index is 5.88. The molecule has 6 heterocycles. The predicted molar refractivity (Wildman–Crippen MR) is 163 cm³/mol. The molecule has 11 heteroatoms. The lowest BCUT2D eigenvalue weighted by molar-refractivity contribution is 0.610. The fourth-order valence-corrected chi connectivity index (χ4v) is 4.95. The molecule has 0 aliphatic carbocycles. The predicted octanol–water partition coefficient (Wildman–Crippen LogP) is 6.16. The first-order valence-corrected chi connectivity index (χ1v) is 13.4. The Morgan fingerprint density at radius 3 is 1.77 bits per heavy atom. The van der Waals surface area contributed by atoms with Crippen LogP contribution in [0, 0.1) is 0 Å². The van der Waals surface area contributed by atoms with Crippen molar-refractivity contribution < 1.29 is 8.83 Å². The number of anilines is 1. The minimum atomic E-state index is 0.406. The number of rotatable bonds is 4. The second-order valence-corrected chi connectivity index (χ2v) is 9.82. The molecule has 0 fully saturated rings. The minimum Gasteiger partial charge on any atom is -0.436 e.